The van der Waals surface area contributed by atoms with Crippen molar-refractivity contribution in [1.29, 1.82) is 5.26 Å². The fourth-order valence-electron chi connectivity index (χ4n) is 5.33. The van der Waals surface area contributed by atoms with Gasteiger partial charge < -0.3 is 20.9 Å². The quantitative estimate of drug-likeness (QED) is 0.518. The van der Waals surface area contributed by atoms with Crippen molar-refractivity contribution in [2.24, 2.45) is 23.2 Å². The van der Waals surface area contributed by atoms with E-state index in [9.17, 15) is 32.8 Å². The largest absolute Gasteiger partial charge is 0.471 e. The maximum Gasteiger partial charge on any atom is 0.471 e. The van der Waals surface area contributed by atoms with Crippen LogP contribution in [0.3, 0.4) is 0 Å². The molecule has 2 saturated heterocycles. The van der Waals surface area contributed by atoms with Gasteiger partial charge in [0.05, 0.1) is 6.07 Å². The fourth-order valence-corrected chi connectivity index (χ4v) is 5.33. The third-order valence-corrected chi connectivity index (χ3v) is 7.34. The number of nitriles is 1. The summed E-state index contributed by atoms with van der Waals surface area (Å²) in [7, 11) is 0. The second-order valence-electron chi connectivity index (χ2n) is 12.0. The summed E-state index contributed by atoms with van der Waals surface area (Å²) in [5.41, 5.74) is -1.05. The van der Waals surface area contributed by atoms with E-state index >= 15 is 0 Å². The molecule has 3 rings (SSSR count). The molecule has 2 heterocycles. The number of likely N-dealkylation sites (tertiary alicyclic amines) is 1. The Morgan fingerprint density at radius 2 is 1.80 bits per heavy atom. The second kappa shape index (κ2) is 9.60. The third-order valence-electron chi connectivity index (χ3n) is 7.34. The van der Waals surface area contributed by atoms with Gasteiger partial charge in [-0.15, -0.1) is 0 Å². The van der Waals surface area contributed by atoms with E-state index in [-0.39, 0.29) is 29.8 Å². The number of rotatable bonds is 6. The number of halogens is 3. The smallest absolute Gasteiger partial charge is 0.339 e. The summed E-state index contributed by atoms with van der Waals surface area (Å²) in [4.78, 5) is 39.7. The average Bonchev–Trinajstić information content (AvgIpc) is 3.42. The third kappa shape index (κ3) is 6.66. The maximum atomic E-state index is 13.5. The number of carbonyl (C=O) groups excluding carboxylic acids is 3. The number of carbonyl (C=O) groups is 3. The van der Waals surface area contributed by atoms with Crippen LogP contribution in [0.25, 0.3) is 0 Å². The Morgan fingerprint density at radius 3 is 2.31 bits per heavy atom. The van der Waals surface area contributed by atoms with Gasteiger partial charge in [0.15, 0.2) is 0 Å². The molecule has 3 amide bonds. The Bertz CT molecular complexity index is 892. The summed E-state index contributed by atoms with van der Waals surface area (Å²) in [5.74, 6) is -2.69. The molecule has 196 valence electrons. The first kappa shape index (κ1) is 27.2. The minimum absolute atomic E-state index is 0.0366. The number of hydrogen-bond donors (Lipinski definition) is 3. The molecular formula is C24H36F3N5O3. The van der Waals surface area contributed by atoms with Crippen LogP contribution >= 0.6 is 0 Å². The summed E-state index contributed by atoms with van der Waals surface area (Å²) in [6.07, 6.45) is -2.56. The minimum Gasteiger partial charge on any atom is -0.339 e. The molecule has 3 aliphatic rings. The van der Waals surface area contributed by atoms with Gasteiger partial charge in [0, 0.05) is 12.1 Å². The molecule has 2 aliphatic heterocycles. The van der Waals surface area contributed by atoms with E-state index < -0.39 is 47.4 Å². The van der Waals surface area contributed by atoms with Gasteiger partial charge in [0.1, 0.15) is 18.1 Å². The standard InChI is InChI=1S/C24H36F3N5O3/c1-22(2,3)18(31-21(35)24(25,26)27)20(34)32-12-15-7-14(15)8-17(32)19(33)30-16(10-28)6-13-9-23(4,5)29-11-13/h13-18,29H,6-9,11-12H2,1-5H3,(H,30,33)(H,31,35)/t13-,14-,15+,16+,17+,18-/m1/s1. The van der Waals surface area contributed by atoms with Gasteiger partial charge in [0.25, 0.3) is 0 Å². The van der Waals surface area contributed by atoms with Gasteiger partial charge in [0.2, 0.25) is 11.8 Å². The highest BCUT2D eigenvalue weighted by Crippen LogP contribution is 2.47. The Morgan fingerprint density at radius 1 is 1.14 bits per heavy atom. The molecule has 0 spiro atoms. The molecule has 8 nitrogen and oxygen atoms in total. The molecule has 0 bridgehead atoms. The van der Waals surface area contributed by atoms with Crippen molar-refractivity contribution in [3.05, 3.63) is 0 Å². The first-order valence-electron chi connectivity index (χ1n) is 12.1. The molecule has 3 fully saturated rings. The zero-order valence-electron chi connectivity index (χ0n) is 21.0. The topological polar surface area (TPSA) is 114 Å². The normalized spacial score (nSPS) is 29.4. The zero-order chi connectivity index (χ0) is 26.3. The van der Waals surface area contributed by atoms with Crippen LogP contribution in [0.4, 0.5) is 13.2 Å². The lowest BCUT2D eigenvalue weighted by Crippen LogP contribution is -2.62. The van der Waals surface area contributed by atoms with Crippen LogP contribution < -0.4 is 16.0 Å². The van der Waals surface area contributed by atoms with Gasteiger partial charge in [-0.3, -0.25) is 14.4 Å². The predicted octanol–water partition coefficient (Wildman–Crippen LogP) is 2.10. The molecule has 1 aliphatic carbocycles. The maximum absolute atomic E-state index is 13.5. The van der Waals surface area contributed by atoms with Crippen molar-refractivity contribution in [1.82, 2.24) is 20.9 Å². The molecule has 11 heteroatoms. The lowest BCUT2D eigenvalue weighted by molar-refractivity contribution is -0.176. The second-order valence-corrected chi connectivity index (χ2v) is 12.0. The van der Waals surface area contributed by atoms with Crippen molar-refractivity contribution in [2.75, 3.05) is 13.1 Å². The Kier molecular flexibility index (Phi) is 7.47. The van der Waals surface area contributed by atoms with Crippen LogP contribution in [0.1, 0.15) is 60.3 Å². The highest BCUT2D eigenvalue weighted by atomic mass is 19.4. The Hall–Kier alpha value is -2.35. The van der Waals surface area contributed by atoms with Crippen LogP contribution in [0, 0.1) is 34.5 Å². The monoisotopic (exact) mass is 499 g/mol. The minimum atomic E-state index is -5.13. The lowest BCUT2D eigenvalue weighted by atomic mass is 9.84. The molecule has 0 aromatic heterocycles. The van der Waals surface area contributed by atoms with Gasteiger partial charge in [-0.1, -0.05) is 20.8 Å². The molecule has 6 atom stereocenters. The number of alkyl halides is 3. The first-order chi connectivity index (χ1) is 16.0. The molecule has 3 N–H and O–H groups in total. The van der Waals surface area contributed by atoms with Gasteiger partial charge in [-0.25, -0.2) is 0 Å². The van der Waals surface area contributed by atoms with Crippen LogP contribution in [0.5, 0.6) is 0 Å². The van der Waals surface area contributed by atoms with Crippen LogP contribution in [0.15, 0.2) is 0 Å². The summed E-state index contributed by atoms with van der Waals surface area (Å²) in [6.45, 7) is 9.83. The molecule has 0 radical (unpaired) electrons. The van der Waals surface area contributed by atoms with E-state index in [1.54, 1.807) is 20.8 Å². The molecule has 0 unspecified atom stereocenters. The van der Waals surface area contributed by atoms with Crippen molar-refractivity contribution in [2.45, 2.75) is 90.1 Å². The van der Waals surface area contributed by atoms with Crippen molar-refractivity contribution < 1.29 is 27.6 Å². The Labute approximate surface area is 204 Å². The SMILES string of the molecule is CC1(C)C[C@@H](C[C@@H](C#N)NC(=O)[C@@H]2C[C@H]3C[C@H]3CN2C(=O)[C@@H](NC(=O)C(F)(F)F)C(C)(C)C)CN1. The highest BCUT2D eigenvalue weighted by molar-refractivity contribution is 5.94. The van der Waals surface area contributed by atoms with E-state index in [4.69, 9.17) is 0 Å². The van der Waals surface area contributed by atoms with E-state index in [0.29, 0.717) is 12.8 Å². The number of hydrogen-bond acceptors (Lipinski definition) is 5. The van der Waals surface area contributed by atoms with Gasteiger partial charge in [-0.05, 0) is 69.2 Å². The van der Waals surface area contributed by atoms with Crippen molar-refractivity contribution in [3.8, 4) is 6.07 Å². The summed E-state index contributed by atoms with van der Waals surface area (Å²) in [5, 5.41) is 17.6. The average molecular weight is 500 g/mol. The first-order valence-corrected chi connectivity index (χ1v) is 12.1. The molecule has 35 heavy (non-hydrogen) atoms. The van der Waals surface area contributed by atoms with E-state index in [2.05, 4.69) is 30.6 Å². The van der Waals surface area contributed by atoms with Crippen molar-refractivity contribution in [3.63, 3.8) is 0 Å². The van der Waals surface area contributed by atoms with Crippen LogP contribution in [0.2, 0.25) is 0 Å². The van der Waals surface area contributed by atoms with Crippen LogP contribution in [-0.2, 0) is 14.4 Å². The molecule has 0 aromatic carbocycles. The van der Waals surface area contributed by atoms with E-state index in [0.717, 1.165) is 19.4 Å². The summed E-state index contributed by atoms with van der Waals surface area (Å²) < 4.78 is 38.8. The molecule has 1 saturated carbocycles. The number of piperidine rings is 1. The van der Waals surface area contributed by atoms with Gasteiger partial charge >= 0.3 is 12.1 Å². The number of nitrogens with zero attached hydrogens (tertiary/aromatic N) is 2. The van der Waals surface area contributed by atoms with Crippen LogP contribution in [-0.4, -0.2) is 65.6 Å². The number of fused-ring (bicyclic) bond motifs is 1. The van der Waals surface area contributed by atoms with E-state index in [1.165, 1.54) is 4.90 Å². The van der Waals surface area contributed by atoms with E-state index in [1.807, 2.05) is 5.32 Å². The summed E-state index contributed by atoms with van der Waals surface area (Å²) in [6, 6.07) is -0.952. The molecule has 0 aromatic rings. The van der Waals surface area contributed by atoms with Gasteiger partial charge in [-0.2, -0.15) is 18.4 Å². The zero-order valence-corrected chi connectivity index (χ0v) is 21.0. The Balaban J connectivity index is 1.74. The lowest BCUT2D eigenvalue weighted by Gasteiger charge is -2.40. The fraction of sp³-hybridized carbons (Fsp3) is 0.833. The van der Waals surface area contributed by atoms with Crippen molar-refractivity contribution >= 4 is 17.7 Å². The highest BCUT2D eigenvalue weighted by Gasteiger charge is 2.52. The number of nitrogens with one attached hydrogen (secondary N) is 3. The summed E-state index contributed by atoms with van der Waals surface area (Å²) >= 11 is 0. The molecular weight excluding hydrogens is 463 g/mol. The predicted molar refractivity (Wildman–Crippen MR) is 122 cm³/mol. The number of amides is 3.